The number of aryl methyl sites for hydroxylation is 2. The number of hydrogen-bond donors (Lipinski definition) is 1. The summed E-state index contributed by atoms with van der Waals surface area (Å²) in [6, 6.07) is 8.30. The summed E-state index contributed by atoms with van der Waals surface area (Å²) in [7, 11) is 0. The molecule has 0 unspecified atom stereocenters. The summed E-state index contributed by atoms with van der Waals surface area (Å²) in [4.78, 5) is 22.2. The van der Waals surface area contributed by atoms with Crippen molar-refractivity contribution in [3.05, 3.63) is 62.1 Å². The minimum atomic E-state index is -0.642. The molecule has 0 fully saturated rings. The first-order valence-electron chi connectivity index (χ1n) is 6.47. The summed E-state index contributed by atoms with van der Waals surface area (Å²) in [6.45, 7) is 3.77. The number of rotatable bonds is 3. The lowest BCUT2D eigenvalue weighted by molar-refractivity contribution is -0.401. The van der Waals surface area contributed by atoms with Gasteiger partial charge in [-0.2, -0.15) is 0 Å². The van der Waals surface area contributed by atoms with Gasteiger partial charge in [0.05, 0.1) is 11.8 Å². The molecule has 0 spiro atoms. The van der Waals surface area contributed by atoms with Gasteiger partial charge in [0.25, 0.3) is 0 Å². The Morgan fingerprint density at radius 1 is 1.27 bits per heavy atom. The highest BCUT2D eigenvalue weighted by molar-refractivity contribution is 5.55. The molecule has 0 aliphatic heterocycles. The van der Waals surface area contributed by atoms with Crippen LogP contribution in [0.1, 0.15) is 11.1 Å². The van der Waals surface area contributed by atoms with Gasteiger partial charge >= 0.3 is 11.6 Å². The van der Waals surface area contributed by atoms with E-state index in [-0.39, 0.29) is 11.6 Å². The summed E-state index contributed by atoms with van der Waals surface area (Å²) in [5.74, 6) is -0.0734. The predicted octanol–water partition coefficient (Wildman–Crippen LogP) is 2.35. The second kappa shape index (κ2) is 4.99. The molecule has 0 amide bonds. The van der Waals surface area contributed by atoms with Gasteiger partial charge in [0.2, 0.25) is 5.82 Å². The largest absolute Gasteiger partial charge is 0.433 e. The summed E-state index contributed by atoms with van der Waals surface area (Å²) in [5.41, 5.74) is 2.05. The van der Waals surface area contributed by atoms with Crippen molar-refractivity contribution in [3.63, 3.8) is 0 Å². The van der Waals surface area contributed by atoms with Crippen LogP contribution in [0, 0.1) is 24.0 Å². The molecule has 22 heavy (non-hydrogen) atoms. The van der Waals surface area contributed by atoms with Crippen LogP contribution in [0.2, 0.25) is 0 Å². The van der Waals surface area contributed by atoms with Crippen molar-refractivity contribution < 1.29 is 9.34 Å². The standard InChI is InChI=1S/C14H12N4O4/c1-8-3-4-9(2)10(7-8)17-13(15-16-14(17)19)11-5-6-12(22-11)18(20)21/h3-7H,1-2H3,(H,16,19). The number of furan rings is 1. The lowest BCUT2D eigenvalue weighted by atomic mass is 10.1. The minimum Gasteiger partial charge on any atom is -0.397 e. The maximum absolute atomic E-state index is 12.1. The van der Waals surface area contributed by atoms with Crippen LogP contribution >= 0.6 is 0 Å². The number of H-pyrrole nitrogens is 1. The lowest BCUT2D eigenvalue weighted by Gasteiger charge is -2.08. The Morgan fingerprint density at radius 2 is 2.05 bits per heavy atom. The fourth-order valence-electron chi connectivity index (χ4n) is 2.19. The normalized spacial score (nSPS) is 10.8. The maximum atomic E-state index is 12.1. The molecule has 112 valence electrons. The number of nitrogens with one attached hydrogen (secondary N) is 1. The number of benzene rings is 1. The van der Waals surface area contributed by atoms with E-state index in [1.54, 1.807) is 0 Å². The number of hydrogen-bond acceptors (Lipinski definition) is 5. The summed E-state index contributed by atoms with van der Waals surface area (Å²) < 4.78 is 6.47. The van der Waals surface area contributed by atoms with Crippen molar-refractivity contribution in [2.24, 2.45) is 0 Å². The third-order valence-corrected chi connectivity index (χ3v) is 3.27. The van der Waals surface area contributed by atoms with Gasteiger partial charge in [-0.3, -0.25) is 10.1 Å². The third-order valence-electron chi connectivity index (χ3n) is 3.27. The molecule has 0 saturated heterocycles. The van der Waals surface area contributed by atoms with Crippen LogP contribution in [0.5, 0.6) is 0 Å². The zero-order valence-electron chi connectivity index (χ0n) is 11.9. The highest BCUT2D eigenvalue weighted by Gasteiger charge is 2.20. The van der Waals surface area contributed by atoms with Crippen molar-refractivity contribution in [1.29, 1.82) is 0 Å². The first-order valence-corrected chi connectivity index (χ1v) is 6.47. The molecule has 0 aliphatic carbocycles. The van der Waals surface area contributed by atoms with Gasteiger partial charge in [-0.1, -0.05) is 12.1 Å². The average Bonchev–Trinajstić information content (AvgIpc) is 3.08. The van der Waals surface area contributed by atoms with Gasteiger partial charge < -0.3 is 4.42 Å². The quantitative estimate of drug-likeness (QED) is 0.590. The Hall–Kier alpha value is -3.16. The van der Waals surface area contributed by atoms with Gasteiger partial charge in [0.15, 0.2) is 5.76 Å². The van der Waals surface area contributed by atoms with E-state index < -0.39 is 16.5 Å². The summed E-state index contributed by atoms with van der Waals surface area (Å²) in [5, 5.41) is 17.0. The van der Waals surface area contributed by atoms with Crippen LogP contribution < -0.4 is 5.69 Å². The minimum absolute atomic E-state index is 0.144. The van der Waals surface area contributed by atoms with E-state index >= 15 is 0 Å². The van der Waals surface area contributed by atoms with Crippen LogP contribution in [-0.2, 0) is 0 Å². The molecule has 8 nitrogen and oxygen atoms in total. The Kier molecular flexibility index (Phi) is 3.13. The van der Waals surface area contributed by atoms with E-state index in [1.165, 1.54) is 16.7 Å². The van der Waals surface area contributed by atoms with E-state index in [9.17, 15) is 14.9 Å². The molecule has 0 aliphatic rings. The molecule has 8 heteroatoms. The smallest absolute Gasteiger partial charge is 0.397 e. The molecule has 3 aromatic rings. The highest BCUT2D eigenvalue weighted by atomic mass is 16.6. The van der Waals surface area contributed by atoms with E-state index in [0.717, 1.165) is 11.1 Å². The first-order chi connectivity index (χ1) is 10.5. The van der Waals surface area contributed by atoms with Crippen molar-refractivity contribution >= 4 is 5.88 Å². The van der Waals surface area contributed by atoms with Crippen LogP contribution in [0.25, 0.3) is 17.3 Å². The topological polar surface area (TPSA) is 107 Å². The molecule has 0 bridgehead atoms. The Bertz CT molecular complexity index is 919. The van der Waals surface area contributed by atoms with E-state index in [1.807, 2.05) is 32.0 Å². The fourth-order valence-corrected chi connectivity index (χ4v) is 2.19. The average molecular weight is 300 g/mol. The number of aromatic nitrogens is 3. The van der Waals surface area contributed by atoms with Gasteiger partial charge in [-0.05, 0) is 37.1 Å². The SMILES string of the molecule is Cc1ccc(C)c(-n2c(-c3ccc([N+](=O)[O-])o3)n[nH]c2=O)c1. The second-order valence-electron chi connectivity index (χ2n) is 4.87. The van der Waals surface area contributed by atoms with Crippen molar-refractivity contribution in [2.75, 3.05) is 0 Å². The molecular weight excluding hydrogens is 288 g/mol. The second-order valence-corrected chi connectivity index (χ2v) is 4.87. The molecule has 0 atom stereocenters. The van der Waals surface area contributed by atoms with E-state index in [2.05, 4.69) is 10.2 Å². The Labute approximate surface area is 124 Å². The molecular formula is C14H12N4O4. The molecule has 2 aromatic heterocycles. The number of aromatic amines is 1. The highest BCUT2D eigenvalue weighted by Crippen LogP contribution is 2.26. The number of nitro groups is 1. The molecule has 1 aromatic carbocycles. The molecule has 0 radical (unpaired) electrons. The molecule has 3 rings (SSSR count). The van der Waals surface area contributed by atoms with Crippen LogP contribution in [0.4, 0.5) is 5.88 Å². The lowest BCUT2D eigenvalue weighted by Crippen LogP contribution is -2.16. The number of nitrogens with zero attached hydrogens (tertiary/aromatic N) is 3. The Morgan fingerprint density at radius 3 is 2.73 bits per heavy atom. The monoisotopic (exact) mass is 300 g/mol. The molecule has 2 heterocycles. The molecule has 0 saturated carbocycles. The zero-order chi connectivity index (χ0) is 15.9. The maximum Gasteiger partial charge on any atom is 0.433 e. The Balaban J connectivity index is 2.21. The van der Waals surface area contributed by atoms with Crippen LogP contribution in [0.15, 0.2) is 39.5 Å². The van der Waals surface area contributed by atoms with Crippen molar-refractivity contribution in [3.8, 4) is 17.3 Å². The van der Waals surface area contributed by atoms with Crippen LogP contribution in [-0.4, -0.2) is 19.7 Å². The van der Waals surface area contributed by atoms with Gasteiger partial charge in [-0.25, -0.2) is 14.5 Å². The summed E-state index contributed by atoms with van der Waals surface area (Å²) in [6.07, 6.45) is 0. The van der Waals surface area contributed by atoms with E-state index in [0.29, 0.717) is 5.69 Å². The third kappa shape index (κ3) is 2.20. The summed E-state index contributed by atoms with van der Waals surface area (Å²) >= 11 is 0. The van der Waals surface area contributed by atoms with Gasteiger partial charge in [0.1, 0.15) is 4.92 Å². The van der Waals surface area contributed by atoms with Gasteiger partial charge in [0, 0.05) is 0 Å². The zero-order valence-corrected chi connectivity index (χ0v) is 11.9. The fraction of sp³-hybridized carbons (Fsp3) is 0.143. The van der Waals surface area contributed by atoms with E-state index in [4.69, 9.17) is 4.42 Å². The van der Waals surface area contributed by atoms with Crippen molar-refractivity contribution in [2.45, 2.75) is 13.8 Å². The van der Waals surface area contributed by atoms with Gasteiger partial charge in [-0.15, -0.1) is 5.10 Å². The van der Waals surface area contributed by atoms with Crippen LogP contribution in [0.3, 0.4) is 0 Å². The molecule has 1 N–H and O–H groups in total. The first kappa shape index (κ1) is 13.8. The van der Waals surface area contributed by atoms with Crippen molar-refractivity contribution in [1.82, 2.24) is 14.8 Å². The predicted molar refractivity (Wildman–Crippen MR) is 78.0 cm³/mol.